The minimum Gasteiger partial charge on any atom is -0.480 e. The number of rotatable bonds is 15. The molecule has 1 saturated heterocycles. The van der Waals surface area contributed by atoms with Crippen molar-refractivity contribution >= 4 is 42.8 Å². The fraction of sp³-hybridized carbons (Fsp3) is 0.484. The third kappa shape index (κ3) is 8.94. The molecule has 0 spiro atoms. The number of carboxylic acids is 1. The van der Waals surface area contributed by atoms with Crippen molar-refractivity contribution in [3.8, 4) is 0 Å². The first-order valence-electron chi connectivity index (χ1n) is 14.6. The molecule has 1 fully saturated rings. The Labute approximate surface area is 263 Å². The Morgan fingerprint density at radius 2 is 1.57 bits per heavy atom. The van der Waals surface area contributed by atoms with Gasteiger partial charge in [-0.25, -0.2) is 4.79 Å². The summed E-state index contributed by atoms with van der Waals surface area (Å²) in [5, 5.41) is 10.6. The molecule has 0 unspecified atom stereocenters. The predicted octanol–water partition coefficient (Wildman–Crippen LogP) is 3.30. The lowest BCUT2D eigenvalue weighted by Crippen LogP contribution is -2.57. The van der Waals surface area contributed by atoms with Crippen LogP contribution in [-0.2, 0) is 40.8 Å². The number of amides is 2. The molecule has 1 heterocycles. The Kier molecular flexibility index (Phi) is 13.0. The fourth-order valence-corrected chi connectivity index (χ4v) is 9.09. The van der Waals surface area contributed by atoms with Gasteiger partial charge >= 0.3 is 11.9 Å². The number of thioether (sulfide) groups is 1. The maximum atomic E-state index is 15.4. The van der Waals surface area contributed by atoms with Crippen molar-refractivity contribution in [3.63, 3.8) is 0 Å². The van der Waals surface area contributed by atoms with Gasteiger partial charge in [0.15, 0.2) is 13.3 Å². The highest BCUT2D eigenvalue weighted by atomic mass is 32.2. The van der Waals surface area contributed by atoms with E-state index in [0.717, 1.165) is 4.67 Å². The Bertz CT molecular complexity index is 1290. The minimum absolute atomic E-state index is 0.139. The van der Waals surface area contributed by atoms with Gasteiger partial charge in [0.05, 0.1) is 6.04 Å². The van der Waals surface area contributed by atoms with Gasteiger partial charge in [-0.3, -0.25) is 23.6 Å². The van der Waals surface area contributed by atoms with Crippen LogP contribution in [0.15, 0.2) is 60.7 Å². The number of esters is 1. The number of carbonyl (C=O) groups is 4. The van der Waals surface area contributed by atoms with Gasteiger partial charge in [-0.15, -0.1) is 0 Å². The lowest BCUT2D eigenvalue weighted by atomic mass is 10.1. The number of hydrogen-bond donors (Lipinski definition) is 3. The second-order valence-corrected chi connectivity index (χ2v) is 14.8. The van der Waals surface area contributed by atoms with Crippen LogP contribution in [0.1, 0.15) is 44.2 Å². The second-order valence-electron chi connectivity index (χ2n) is 11.1. The lowest BCUT2D eigenvalue weighted by Gasteiger charge is -2.41. The minimum atomic E-state index is -4.00. The van der Waals surface area contributed by atoms with Crippen LogP contribution >= 0.6 is 19.1 Å². The number of benzene rings is 2. The predicted molar refractivity (Wildman–Crippen MR) is 171 cm³/mol. The van der Waals surface area contributed by atoms with Crippen LogP contribution in [0.4, 0.5) is 0 Å². The van der Waals surface area contributed by atoms with E-state index in [9.17, 15) is 24.3 Å². The molecule has 0 radical (unpaired) electrons. The van der Waals surface area contributed by atoms with E-state index in [1.54, 1.807) is 60.7 Å². The molecular formula is C31H43N4O7PS. The SMILES string of the molecule is CSCC[C@H](N)C(=O)O[C@H](C)[C@@H](C(=O)O)N(C(=O)[C@@H]1CCCN1C(=O)[C@H](C)N)P(=O)(Cc1ccccc1)Cc1ccccc1. The van der Waals surface area contributed by atoms with Crippen molar-refractivity contribution in [2.24, 2.45) is 11.5 Å². The van der Waals surface area contributed by atoms with Gasteiger partial charge in [0.25, 0.3) is 5.91 Å². The smallest absolute Gasteiger partial charge is 0.330 e. The first-order valence-corrected chi connectivity index (χ1v) is 18.0. The van der Waals surface area contributed by atoms with Crippen molar-refractivity contribution in [1.82, 2.24) is 9.57 Å². The summed E-state index contributed by atoms with van der Waals surface area (Å²) in [6, 6.07) is 12.9. The van der Waals surface area contributed by atoms with Crippen LogP contribution in [0.2, 0.25) is 0 Å². The van der Waals surface area contributed by atoms with E-state index >= 15 is 4.57 Å². The lowest BCUT2D eigenvalue weighted by molar-refractivity contribution is -0.162. The number of ether oxygens (including phenoxy) is 1. The molecule has 2 aromatic carbocycles. The maximum Gasteiger partial charge on any atom is 0.330 e. The maximum absolute atomic E-state index is 15.4. The standard InChI is InChI=1S/C31H43N4O7PS/c1-21(32)28(36)34-17-10-15-26(34)29(37)35(27(30(38)39)22(2)42-31(40)25(33)16-18-44-3)43(41,19-23-11-6-4-7-12-23)20-24-13-8-5-9-14-24/h4-9,11-14,21-22,25-27H,10,15-20,32-33H2,1-3H3,(H,38,39)/t21-,22+,25-,26-,27-/m0/s1. The molecule has 13 heteroatoms. The summed E-state index contributed by atoms with van der Waals surface area (Å²) >= 11 is 1.50. The number of aliphatic carboxylic acids is 1. The molecular weight excluding hydrogens is 603 g/mol. The fourth-order valence-electron chi connectivity index (χ4n) is 5.39. The molecule has 2 amide bonds. The molecule has 5 N–H and O–H groups in total. The molecule has 0 aromatic heterocycles. The van der Waals surface area contributed by atoms with Crippen molar-refractivity contribution in [3.05, 3.63) is 71.8 Å². The molecule has 44 heavy (non-hydrogen) atoms. The third-order valence-corrected chi connectivity index (χ3v) is 11.2. The summed E-state index contributed by atoms with van der Waals surface area (Å²) in [5.74, 6) is -2.98. The normalized spacial score (nSPS) is 17.8. The number of likely N-dealkylation sites (tertiary alicyclic amines) is 1. The van der Waals surface area contributed by atoms with Gasteiger partial charge in [-0.1, -0.05) is 60.7 Å². The number of carbonyl (C=O) groups excluding carboxylic acids is 3. The zero-order valence-electron chi connectivity index (χ0n) is 25.4. The van der Waals surface area contributed by atoms with Crippen LogP contribution < -0.4 is 11.5 Å². The quantitative estimate of drug-likeness (QED) is 0.192. The Morgan fingerprint density at radius 3 is 2.05 bits per heavy atom. The Hall–Kier alpha value is -3.18. The molecule has 2 aromatic rings. The van der Waals surface area contributed by atoms with Gasteiger partial charge in [-0.05, 0) is 56.2 Å². The first-order chi connectivity index (χ1) is 20.9. The van der Waals surface area contributed by atoms with Crippen molar-refractivity contribution in [2.75, 3.05) is 18.6 Å². The molecule has 0 saturated carbocycles. The van der Waals surface area contributed by atoms with E-state index in [1.807, 2.05) is 6.26 Å². The topological polar surface area (TPSA) is 173 Å². The summed E-state index contributed by atoms with van der Waals surface area (Å²) < 4.78 is 21.9. The number of nitrogens with zero attached hydrogens (tertiary/aromatic N) is 2. The van der Waals surface area contributed by atoms with E-state index in [1.165, 1.54) is 30.5 Å². The van der Waals surface area contributed by atoms with Crippen LogP contribution in [-0.4, -0.2) is 87.3 Å². The van der Waals surface area contributed by atoms with Gasteiger partial charge < -0.3 is 26.2 Å². The summed E-state index contributed by atoms with van der Waals surface area (Å²) in [6.07, 6.45) is 1.21. The van der Waals surface area contributed by atoms with E-state index in [-0.39, 0.29) is 25.3 Å². The number of carboxylic acid groups (broad SMARTS) is 1. The van der Waals surface area contributed by atoms with Crippen molar-refractivity contribution in [2.45, 2.75) is 75.7 Å². The van der Waals surface area contributed by atoms with Crippen LogP contribution in [0.5, 0.6) is 0 Å². The van der Waals surface area contributed by atoms with Crippen LogP contribution in [0.3, 0.4) is 0 Å². The summed E-state index contributed by atoms with van der Waals surface area (Å²) in [6.45, 7) is 3.11. The average molecular weight is 647 g/mol. The molecule has 3 rings (SSSR count). The Morgan fingerprint density at radius 1 is 1.02 bits per heavy atom. The van der Waals surface area contributed by atoms with Crippen molar-refractivity contribution in [1.29, 1.82) is 0 Å². The first kappa shape index (κ1) is 35.3. The zero-order chi connectivity index (χ0) is 32.4. The van der Waals surface area contributed by atoms with E-state index in [2.05, 4.69) is 0 Å². The van der Waals surface area contributed by atoms with Crippen molar-refractivity contribution < 1.29 is 33.6 Å². The van der Waals surface area contributed by atoms with Gasteiger partial charge in [0.1, 0.15) is 18.2 Å². The molecule has 0 bridgehead atoms. The number of nitrogens with two attached hydrogens (primary N) is 2. The summed E-state index contributed by atoms with van der Waals surface area (Å²) in [5.41, 5.74) is 13.2. The molecule has 5 atom stereocenters. The van der Waals surface area contributed by atoms with Gasteiger partial charge in [-0.2, -0.15) is 11.8 Å². The van der Waals surface area contributed by atoms with E-state index < -0.39 is 61.3 Å². The average Bonchev–Trinajstić information content (AvgIpc) is 3.48. The highest BCUT2D eigenvalue weighted by Crippen LogP contribution is 2.58. The second kappa shape index (κ2) is 16.2. The van der Waals surface area contributed by atoms with E-state index in [4.69, 9.17) is 16.2 Å². The van der Waals surface area contributed by atoms with Crippen LogP contribution in [0, 0.1) is 0 Å². The van der Waals surface area contributed by atoms with Gasteiger partial charge in [0.2, 0.25) is 5.91 Å². The molecule has 1 aliphatic rings. The van der Waals surface area contributed by atoms with E-state index in [0.29, 0.717) is 29.7 Å². The van der Waals surface area contributed by atoms with Crippen LogP contribution in [0.25, 0.3) is 0 Å². The Balaban J connectivity index is 2.16. The highest BCUT2D eigenvalue weighted by molar-refractivity contribution is 7.98. The molecule has 1 aliphatic heterocycles. The molecule has 240 valence electrons. The number of hydrogen-bond acceptors (Lipinski definition) is 9. The summed E-state index contributed by atoms with van der Waals surface area (Å²) in [7, 11) is -4.00. The third-order valence-electron chi connectivity index (χ3n) is 7.57. The molecule has 0 aliphatic carbocycles. The summed E-state index contributed by atoms with van der Waals surface area (Å²) in [4.78, 5) is 54.9. The largest absolute Gasteiger partial charge is 0.480 e. The zero-order valence-corrected chi connectivity index (χ0v) is 27.1. The highest BCUT2D eigenvalue weighted by Gasteiger charge is 2.50. The molecule has 11 nitrogen and oxygen atoms in total. The van der Waals surface area contributed by atoms with Gasteiger partial charge in [0, 0.05) is 18.9 Å². The monoisotopic (exact) mass is 646 g/mol.